The second-order valence-corrected chi connectivity index (χ2v) is 15.2. The van der Waals surface area contributed by atoms with E-state index < -0.39 is 43.0 Å². The number of unbranched alkanes of at least 4 members (excludes halogenated alkanes) is 27. The van der Waals surface area contributed by atoms with E-state index in [9.17, 15) is 30.3 Å². The number of allylic oxidation sites excluding steroid dienone is 2. The average Bonchev–Trinajstić information content (AvgIpc) is 3.12. The van der Waals surface area contributed by atoms with E-state index in [1.54, 1.807) is 0 Å². The summed E-state index contributed by atoms with van der Waals surface area (Å²) in [6.07, 6.45) is 36.8. The van der Waals surface area contributed by atoms with Crippen molar-refractivity contribution >= 4 is 5.91 Å². The van der Waals surface area contributed by atoms with Gasteiger partial charge >= 0.3 is 0 Å². The van der Waals surface area contributed by atoms with Gasteiger partial charge in [0.25, 0.3) is 0 Å². The minimum Gasteiger partial charge on any atom is -0.394 e. The van der Waals surface area contributed by atoms with Gasteiger partial charge in [0.15, 0.2) is 0 Å². The van der Waals surface area contributed by atoms with Gasteiger partial charge in [-0.25, -0.2) is 0 Å². The minimum absolute atomic E-state index is 0.319. The van der Waals surface area contributed by atoms with Gasteiger partial charge in [0.05, 0.1) is 18.8 Å². The van der Waals surface area contributed by atoms with Crippen LogP contribution in [0.15, 0.2) is 12.2 Å². The third-order valence-electron chi connectivity index (χ3n) is 10.3. The monoisotopic (exact) mass is 712 g/mol. The molecule has 0 aromatic rings. The van der Waals surface area contributed by atoms with E-state index in [2.05, 4.69) is 31.3 Å². The number of rotatable bonds is 39. The highest BCUT2D eigenvalue weighted by Gasteiger charge is 2.32. The molecule has 7 heteroatoms. The molecule has 0 saturated carbocycles. The maximum absolute atomic E-state index is 12.5. The van der Waals surface area contributed by atoms with Gasteiger partial charge in [-0.3, -0.25) is 4.79 Å². The summed E-state index contributed by atoms with van der Waals surface area (Å²) in [6.45, 7) is 3.89. The van der Waals surface area contributed by atoms with E-state index in [0.717, 1.165) is 57.8 Å². The van der Waals surface area contributed by atoms with E-state index in [1.807, 2.05) is 0 Å². The Hall–Kier alpha value is -0.990. The first-order valence-corrected chi connectivity index (χ1v) is 21.7. The van der Waals surface area contributed by atoms with Gasteiger partial charge in [0.1, 0.15) is 18.3 Å². The van der Waals surface area contributed by atoms with Crippen LogP contribution in [0.3, 0.4) is 0 Å². The summed E-state index contributed by atoms with van der Waals surface area (Å²) in [4.78, 5) is 12.5. The van der Waals surface area contributed by atoms with Crippen LogP contribution >= 0.6 is 0 Å². The van der Waals surface area contributed by atoms with Crippen LogP contribution in [0.5, 0.6) is 0 Å². The summed E-state index contributed by atoms with van der Waals surface area (Å²) in [6, 6.07) is -1.16. The summed E-state index contributed by atoms with van der Waals surface area (Å²) in [5.41, 5.74) is 0. The molecule has 0 spiro atoms. The number of aliphatic hydroxyl groups excluding tert-OH is 5. The fourth-order valence-electron chi connectivity index (χ4n) is 6.77. The quantitative estimate of drug-likeness (QED) is 0.0278. The summed E-state index contributed by atoms with van der Waals surface area (Å²) in [5, 5.41) is 54.0. The molecule has 0 fully saturated rings. The van der Waals surface area contributed by atoms with Crippen molar-refractivity contribution in [2.24, 2.45) is 0 Å². The second-order valence-electron chi connectivity index (χ2n) is 15.2. The Labute approximate surface area is 309 Å². The minimum atomic E-state index is -1.53. The summed E-state index contributed by atoms with van der Waals surface area (Å²) >= 11 is 0. The smallest absolute Gasteiger partial charge is 0.249 e. The topological polar surface area (TPSA) is 130 Å². The average molecular weight is 712 g/mol. The van der Waals surface area contributed by atoms with Crippen LogP contribution in [0.2, 0.25) is 0 Å². The van der Waals surface area contributed by atoms with Gasteiger partial charge in [-0.05, 0) is 38.5 Å². The largest absolute Gasteiger partial charge is 0.394 e. The normalized spacial score (nSPS) is 14.9. The van der Waals surface area contributed by atoms with Crippen LogP contribution in [0.25, 0.3) is 0 Å². The zero-order valence-corrected chi connectivity index (χ0v) is 33.0. The van der Waals surface area contributed by atoms with Crippen molar-refractivity contribution in [1.29, 1.82) is 0 Å². The van der Waals surface area contributed by atoms with Gasteiger partial charge in [0.2, 0.25) is 5.91 Å². The molecule has 0 heterocycles. The van der Waals surface area contributed by atoms with E-state index in [0.29, 0.717) is 12.8 Å². The number of carbonyl (C=O) groups is 1. The highest BCUT2D eigenvalue weighted by Crippen LogP contribution is 2.17. The molecule has 0 rings (SSSR count). The Morgan fingerprint density at radius 2 is 0.820 bits per heavy atom. The van der Waals surface area contributed by atoms with E-state index >= 15 is 0 Å². The van der Waals surface area contributed by atoms with Crippen LogP contribution in [0.4, 0.5) is 0 Å². The van der Waals surface area contributed by atoms with Crippen molar-refractivity contribution in [2.75, 3.05) is 6.61 Å². The molecule has 0 aliphatic heterocycles. The van der Waals surface area contributed by atoms with Crippen LogP contribution < -0.4 is 5.32 Å². The Balaban J connectivity index is 3.81. The van der Waals surface area contributed by atoms with E-state index in [-0.39, 0.29) is 0 Å². The van der Waals surface area contributed by atoms with Gasteiger partial charge < -0.3 is 30.8 Å². The van der Waals surface area contributed by atoms with Crippen molar-refractivity contribution in [2.45, 2.75) is 250 Å². The molecule has 298 valence electrons. The molecule has 0 aliphatic rings. The third-order valence-corrected chi connectivity index (χ3v) is 10.3. The predicted octanol–water partition coefficient (Wildman–Crippen LogP) is 9.99. The Kier molecular flexibility index (Phi) is 37.0. The Morgan fingerprint density at radius 3 is 1.24 bits per heavy atom. The fourth-order valence-corrected chi connectivity index (χ4v) is 6.77. The molecule has 0 radical (unpaired) electrons. The number of aliphatic hydroxyl groups is 5. The predicted molar refractivity (Wildman–Crippen MR) is 211 cm³/mol. The maximum atomic E-state index is 12.5. The molecule has 7 nitrogen and oxygen atoms in total. The van der Waals surface area contributed by atoms with Crippen LogP contribution in [-0.2, 0) is 4.79 Å². The molecule has 5 unspecified atom stereocenters. The highest BCUT2D eigenvalue weighted by molar-refractivity contribution is 5.80. The molecule has 1 amide bonds. The number of amides is 1. The lowest BCUT2D eigenvalue weighted by Gasteiger charge is -2.29. The molecular formula is C43H85NO6. The van der Waals surface area contributed by atoms with Crippen LogP contribution in [0.1, 0.15) is 219 Å². The van der Waals surface area contributed by atoms with Crippen molar-refractivity contribution in [3.05, 3.63) is 12.2 Å². The number of hydrogen-bond donors (Lipinski definition) is 6. The molecular weight excluding hydrogens is 626 g/mol. The lowest BCUT2D eigenvalue weighted by atomic mass is 9.96. The zero-order chi connectivity index (χ0) is 36.9. The molecule has 0 aromatic heterocycles. The Bertz CT molecular complexity index is 734. The lowest BCUT2D eigenvalue weighted by molar-refractivity contribution is -0.134. The first kappa shape index (κ1) is 49.0. The molecule has 0 aromatic carbocycles. The molecule has 6 N–H and O–H groups in total. The van der Waals surface area contributed by atoms with Crippen molar-refractivity contribution in [3.8, 4) is 0 Å². The Morgan fingerprint density at radius 1 is 0.480 bits per heavy atom. The van der Waals surface area contributed by atoms with Crippen molar-refractivity contribution in [1.82, 2.24) is 5.32 Å². The fraction of sp³-hybridized carbons (Fsp3) is 0.930. The van der Waals surface area contributed by atoms with Gasteiger partial charge in [0, 0.05) is 0 Å². The van der Waals surface area contributed by atoms with E-state index in [1.165, 1.54) is 135 Å². The molecule has 5 atom stereocenters. The first-order chi connectivity index (χ1) is 24.4. The SMILES string of the molecule is CCCCCC=CCCCCCCCC(O)C(O)C(O)C(CO)NC(=O)C(O)CCCCCCCCCCCCCCCCCCCCCC. The van der Waals surface area contributed by atoms with Crippen molar-refractivity contribution < 1.29 is 30.3 Å². The second kappa shape index (κ2) is 37.8. The van der Waals surface area contributed by atoms with Crippen LogP contribution in [-0.4, -0.2) is 68.5 Å². The standard InChI is InChI=1S/C43H85NO6/c1-3-5-7-9-11-13-15-17-18-19-20-21-22-23-24-26-28-30-32-34-36-40(47)43(50)44-38(37-45)41(48)42(49)39(46)35-33-31-29-27-25-16-14-12-10-8-6-4-2/h12,14,38-42,45-49H,3-11,13,15-37H2,1-2H3,(H,44,50). The number of hydrogen-bond acceptors (Lipinski definition) is 6. The van der Waals surface area contributed by atoms with Gasteiger partial charge in [-0.2, -0.15) is 0 Å². The summed E-state index contributed by atoms with van der Waals surface area (Å²) < 4.78 is 0. The third kappa shape index (κ3) is 30.6. The van der Waals surface area contributed by atoms with Crippen LogP contribution in [0, 0.1) is 0 Å². The van der Waals surface area contributed by atoms with Gasteiger partial charge in [-0.15, -0.1) is 0 Å². The molecule has 0 bridgehead atoms. The molecule has 0 aliphatic carbocycles. The van der Waals surface area contributed by atoms with Crippen molar-refractivity contribution in [3.63, 3.8) is 0 Å². The van der Waals surface area contributed by atoms with E-state index in [4.69, 9.17) is 0 Å². The first-order valence-electron chi connectivity index (χ1n) is 21.7. The summed E-state index contributed by atoms with van der Waals surface area (Å²) in [7, 11) is 0. The maximum Gasteiger partial charge on any atom is 0.249 e. The number of carbonyl (C=O) groups excluding carboxylic acids is 1. The summed E-state index contributed by atoms with van der Waals surface area (Å²) in [5.74, 6) is -0.668. The van der Waals surface area contributed by atoms with Gasteiger partial charge in [-0.1, -0.05) is 193 Å². The molecule has 50 heavy (non-hydrogen) atoms. The zero-order valence-electron chi connectivity index (χ0n) is 33.0. The molecule has 0 saturated heterocycles. The highest BCUT2D eigenvalue weighted by atomic mass is 16.4. The lowest BCUT2D eigenvalue weighted by Crippen LogP contribution is -2.55. The number of nitrogens with one attached hydrogen (secondary N) is 1.